The van der Waals surface area contributed by atoms with Crippen molar-refractivity contribution < 1.29 is 24.2 Å². The molecule has 186 valence electrons. The number of nitrogens with zero attached hydrogens (tertiary/aromatic N) is 1. The summed E-state index contributed by atoms with van der Waals surface area (Å²) in [6, 6.07) is 22.0. The first kappa shape index (κ1) is 25.2. The van der Waals surface area contributed by atoms with Gasteiger partial charge in [0.15, 0.2) is 0 Å². The molecule has 0 spiro atoms. The number of Topliss-reactive ketones (excluding diaryl/α,β-unsaturated/α-hetero) is 1. The predicted octanol–water partition coefficient (Wildman–Crippen LogP) is 5.34. The van der Waals surface area contributed by atoms with Gasteiger partial charge >= 0.3 is 0 Å². The van der Waals surface area contributed by atoms with Crippen LogP contribution in [-0.2, 0) is 20.9 Å². The molecule has 4 rings (SSSR count). The lowest BCUT2D eigenvalue weighted by Crippen LogP contribution is -2.31. The van der Waals surface area contributed by atoms with Gasteiger partial charge in [-0.25, -0.2) is 0 Å². The van der Waals surface area contributed by atoms with Crippen molar-refractivity contribution in [2.45, 2.75) is 32.9 Å². The molecular weight excluding hydrogens is 454 g/mol. The number of hydrogen-bond donors (Lipinski definition) is 1. The van der Waals surface area contributed by atoms with Crippen molar-refractivity contribution in [1.29, 1.82) is 0 Å². The van der Waals surface area contributed by atoms with E-state index >= 15 is 0 Å². The van der Waals surface area contributed by atoms with E-state index in [9.17, 15) is 14.7 Å². The largest absolute Gasteiger partial charge is 0.507 e. The van der Waals surface area contributed by atoms with Gasteiger partial charge in [0, 0.05) is 25.8 Å². The van der Waals surface area contributed by atoms with Crippen molar-refractivity contribution in [1.82, 2.24) is 4.90 Å². The minimum absolute atomic E-state index is 0.0923. The third kappa shape index (κ3) is 5.50. The topological polar surface area (TPSA) is 76.1 Å². The van der Waals surface area contributed by atoms with E-state index in [1.807, 2.05) is 56.3 Å². The highest BCUT2D eigenvalue weighted by atomic mass is 16.5. The molecule has 1 heterocycles. The minimum atomic E-state index is -0.685. The third-order valence-corrected chi connectivity index (χ3v) is 6.30. The molecule has 1 fully saturated rings. The summed E-state index contributed by atoms with van der Waals surface area (Å²) in [7, 11) is 1.60. The van der Waals surface area contributed by atoms with Crippen LogP contribution in [0.4, 0.5) is 0 Å². The molecular formula is C30H31NO5. The number of ketones is 1. The highest BCUT2D eigenvalue weighted by Gasteiger charge is 2.45. The molecule has 0 unspecified atom stereocenters. The Morgan fingerprint density at radius 2 is 1.67 bits per heavy atom. The lowest BCUT2D eigenvalue weighted by Gasteiger charge is -2.25. The number of rotatable bonds is 9. The van der Waals surface area contributed by atoms with E-state index in [0.717, 1.165) is 22.3 Å². The first-order valence-electron chi connectivity index (χ1n) is 12.0. The average Bonchev–Trinajstić information content (AvgIpc) is 3.13. The second-order valence-corrected chi connectivity index (χ2v) is 9.05. The van der Waals surface area contributed by atoms with Crippen LogP contribution in [0.25, 0.3) is 5.76 Å². The van der Waals surface area contributed by atoms with Crippen LogP contribution < -0.4 is 4.74 Å². The summed E-state index contributed by atoms with van der Waals surface area (Å²) >= 11 is 0. The Bertz CT molecular complexity index is 1260. The molecule has 1 aliphatic heterocycles. The van der Waals surface area contributed by atoms with Gasteiger partial charge < -0.3 is 19.5 Å². The van der Waals surface area contributed by atoms with E-state index in [-0.39, 0.29) is 11.3 Å². The van der Waals surface area contributed by atoms with E-state index in [4.69, 9.17) is 9.47 Å². The first-order chi connectivity index (χ1) is 17.4. The molecule has 6 heteroatoms. The van der Waals surface area contributed by atoms with E-state index in [1.165, 1.54) is 4.90 Å². The van der Waals surface area contributed by atoms with E-state index in [2.05, 4.69) is 6.07 Å². The van der Waals surface area contributed by atoms with Crippen LogP contribution in [0.5, 0.6) is 5.75 Å². The van der Waals surface area contributed by atoms with Gasteiger partial charge in [-0.1, -0.05) is 59.7 Å². The third-order valence-electron chi connectivity index (χ3n) is 6.30. The van der Waals surface area contributed by atoms with Crippen molar-refractivity contribution in [2.75, 3.05) is 20.3 Å². The molecule has 1 atom stereocenters. The van der Waals surface area contributed by atoms with Gasteiger partial charge in [0.1, 0.15) is 18.1 Å². The molecule has 3 aromatic rings. The van der Waals surface area contributed by atoms with Crippen LogP contribution in [0, 0.1) is 13.8 Å². The van der Waals surface area contributed by atoms with Crippen LogP contribution in [0.1, 0.15) is 40.3 Å². The summed E-state index contributed by atoms with van der Waals surface area (Å²) in [4.78, 5) is 27.6. The van der Waals surface area contributed by atoms with Gasteiger partial charge in [-0.15, -0.1) is 0 Å². The zero-order valence-electron chi connectivity index (χ0n) is 20.9. The molecule has 1 N–H and O–H groups in total. The molecule has 1 saturated heterocycles. The fourth-order valence-corrected chi connectivity index (χ4v) is 4.42. The lowest BCUT2D eigenvalue weighted by atomic mass is 9.94. The molecule has 6 nitrogen and oxygen atoms in total. The number of amides is 1. The Morgan fingerprint density at radius 1 is 0.944 bits per heavy atom. The number of hydrogen-bond acceptors (Lipinski definition) is 5. The molecule has 1 aliphatic rings. The van der Waals surface area contributed by atoms with Crippen molar-refractivity contribution in [3.05, 3.63) is 106 Å². The van der Waals surface area contributed by atoms with Crippen LogP contribution in [0.2, 0.25) is 0 Å². The van der Waals surface area contributed by atoms with Crippen molar-refractivity contribution >= 4 is 17.4 Å². The molecule has 0 radical (unpaired) electrons. The smallest absolute Gasteiger partial charge is 0.295 e. The Morgan fingerprint density at radius 3 is 2.33 bits per heavy atom. The lowest BCUT2D eigenvalue weighted by molar-refractivity contribution is -0.140. The SMILES string of the molecule is COCCCN1C(=O)C(=O)C(=C(O)c2ccc(OCc3cccc(C)c3)cc2)[C@@H]1c1ccc(C)cc1. The molecule has 3 aromatic carbocycles. The van der Waals surface area contributed by atoms with Gasteiger partial charge in [-0.3, -0.25) is 9.59 Å². The van der Waals surface area contributed by atoms with Crippen LogP contribution >= 0.6 is 0 Å². The van der Waals surface area contributed by atoms with Crippen molar-refractivity contribution in [2.24, 2.45) is 0 Å². The Labute approximate surface area is 211 Å². The molecule has 36 heavy (non-hydrogen) atoms. The summed E-state index contributed by atoms with van der Waals surface area (Å²) < 4.78 is 11.0. The van der Waals surface area contributed by atoms with Gasteiger partial charge in [0.05, 0.1) is 11.6 Å². The zero-order chi connectivity index (χ0) is 25.7. The van der Waals surface area contributed by atoms with Gasteiger partial charge in [0.2, 0.25) is 0 Å². The number of carbonyl (C=O) groups excluding carboxylic acids is 2. The summed E-state index contributed by atoms with van der Waals surface area (Å²) in [6.45, 7) is 5.24. The second-order valence-electron chi connectivity index (χ2n) is 9.05. The Hall–Kier alpha value is -3.90. The molecule has 0 aromatic heterocycles. The Kier molecular flexibility index (Phi) is 7.86. The monoisotopic (exact) mass is 485 g/mol. The molecule has 0 aliphatic carbocycles. The summed E-state index contributed by atoms with van der Waals surface area (Å²) in [5.41, 5.74) is 4.61. The van der Waals surface area contributed by atoms with E-state index in [0.29, 0.717) is 37.5 Å². The standard InChI is InChI=1S/C30H31NO5/c1-20-8-10-23(11-9-20)27-26(29(33)30(34)31(27)16-5-17-35-3)28(32)24-12-14-25(15-13-24)36-19-22-7-4-6-21(2)18-22/h4,6-15,18,27,32H,5,16-17,19H2,1-3H3/t27-/m0/s1. The fraction of sp³-hybridized carbons (Fsp3) is 0.267. The molecule has 1 amide bonds. The quantitative estimate of drug-likeness (QED) is 0.192. The van der Waals surface area contributed by atoms with E-state index < -0.39 is 17.7 Å². The summed E-state index contributed by atoms with van der Waals surface area (Å²) in [6.07, 6.45) is 0.582. The average molecular weight is 486 g/mol. The number of aryl methyl sites for hydroxylation is 2. The second kappa shape index (κ2) is 11.2. The van der Waals surface area contributed by atoms with Crippen LogP contribution in [0.15, 0.2) is 78.4 Å². The zero-order valence-corrected chi connectivity index (χ0v) is 20.9. The fourth-order valence-electron chi connectivity index (χ4n) is 4.42. The van der Waals surface area contributed by atoms with Crippen LogP contribution in [-0.4, -0.2) is 42.0 Å². The Balaban J connectivity index is 1.62. The highest BCUT2D eigenvalue weighted by molar-refractivity contribution is 6.46. The van der Waals surface area contributed by atoms with Crippen molar-refractivity contribution in [3.8, 4) is 5.75 Å². The maximum atomic E-state index is 13.1. The highest BCUT2D eigenvalue weighted by Crippen LogP contribution is 2.39. The molecule has 0 saturated carbocycles. The number of aliphatic hydroxyl groups is 1. The number of carbonyl (C=O) groups is 2. The minimum Gasteiger partial charge on any atom is -0.507 e. The normalized spacial score (nSPS) is 17.0. The summed E-state index contributed by atoms with van der Waals surface area (Å²) in [5.74, 6) is -0.854. The van der Waals surface area contributed by atoms with Gasteiger partial charge in [0.25, 0.3) is 11.7 Å². The number of benzene rings is 3. The predicted molar refractivity (Wildman–Crippen MR) is 139 cm³/mol. The number of ether oxygens (including phenoxy) is 2. The maximum Gasteiger partial charge on any atom is 0.295 e. The first-order valence-corrected chi connectivity index (χ1v) is 12.0. The van der Waals surface area contributed by atoms with E-state index in [1.54, 1.807) is 31.4 Å². The summed E-state index contributed by atoms with van der Waals surface area (Å²) in [5, 5.41) is 11.2. The van der Waals surface area contributed by atoms with Gasteiger partial charge in [-0.05, 0) is 55.7 Å². The number of methoxy groups -OCH3 is 1. The number of likely N-dealkylation sites (tertiary alicyclic amines) is 1. The maximum absolute atomic E-state index is 13.1. The van der Waals surface area contributed by atoms with Crippen LogP contribution in [0.3, 0.4) is 0 Å². The van der Waals surface area contributed by atoms with Crippen molar-refractivity contribution in [3.63, 3.8) is 0 Å². The number of aliphatic hydroxyl groups excluding tert-OH is 1. The van der Waals surface area contributed by atoms with Gasteiger partial charge in [-0.2, -0.15) is 0 Å². The molecule has 0 bridgehead atoms.